The fourth-order valence-electron chi connectivity index (χ4n) is 3.26. The number of benzene rings is 1. The van der Waals surface area contributed by atoms with Crippen LogP contribution in [0.25, 0.3) is 0 Å². The van der Waals surface area contributed by atoms with Crippen LogP contribution in [0.3, 0.4) is 0 Å². The third-order valence-corrected chi connectivity index (χ3v) is 4.89. The summed E-state index contributed by atoms with van der Waals surface area (Å²) in [5.41, 5.74) is -1.23. The summed E-state index contributed by atoms with van der Waals surface area (Å²) in [5, 5.41) is 5.28. The van der Waals surface area contributed by atoms with Crippen molar-refractivity contribution in [2.75, 3.05) is 6.54 Å². The zero-order chi connectivity index (χ0) is 22.5. The van der Waals surface area contributed by atoms with E-state index in [1.807, 2.05) is 6.92 Å². The van der Waals surface area contributed by atoms with Gasteiger partial charge in [-0.2, -0.15) is 0 Å². The van der Waals surface area contributed by atoms with E-state index in [1.54, 1.807) is 0 Å². The van der Waals surface area contributed by atoms with Crippen LogP contribution in [0.4, 0.5) is 18.0 Å². The first-order valence-corrected chi connectivity index (χ1v) is 9.76. The molecule has 0 spiro atoms. The van der Waals surface area contributed by atoms with Gasteiger partial charge in [-0.1, -0.05) is 38.3 Å². The lowest BCUT2D eigenvalue weighted by atomic mass is 9.92. The van der Waals surface area contributed by atoms with Gasteiger partial charge in [0.25, 0.3) is 5.91 Å². The van der Waals surface area contributed by atoms with Gasteiger partial charge in [0, 0.05) is 6.04 Å². The van der Waals surface area contributed by atoms with Crippen LogP contribution in [0.2, 0.25) is 0 Å². The minimum Gasteiger partial charge on any atom is -0.406 e. The van der Waals surface area contributed by atoms with E-state index in [1.165, 1.54) is 19.1 Å². The van der Waals surface area contributed by atoms with Crippen LogP contribution < -0.4 is 15.4 Å². The molecular formula is C20H26F3N3O4. The van der Waals surface area contributed by atoms with Gasteiger partial charge in [-0.25, -0.2) is 4.79 Å². The standard InChI is InChI=1S/C20H26F3N3O4/c1-4-5-6-7-13(2)24-16(27)12-26-17(28)19(3,25-18(26)29)14-8-10-15(11-9-14)30-20(21,22)23/h8-11,13H,4-7,12H2,1-3H3,(H,24,27)(H,25,29). The van der Waals surface area contributed by atoms with Crippen molar-refractivity contribution in [2.24, 2.45) is 0 Å². The van der Waals surface area contributed by atoms with Crippen LogP contribution in [-0.2, 0) is 15.1 Å². The van der Waals surface area contributed by atoms with Crippen molar-refractivity contribution in [3.63, 3.8) is 0 Å². The van der Waals surface area contributed by atoms with Crippen molar-refractivity contribution in [3.05, 3.63) is 29.8 Å². The average molecular weight is 429 g/mol. The summed E-state index contributed by atoms with van der Waals surface area (Å²) in [5.74, 6) is -1.56. The number of hydrogen-bond donors (Lipinski definition) is 2. The SMILES string of the molecule is CCCCCC(C)NC(=O)CN1C(=O)NC(C)(c2ccc(OC(F)(F)F)cc2)C1=O. The number of amides is 4. The highest BCUT2D eigenvalue weighted by molar-refractivity contribution is 6.09. The molecule has 1 heterocycles. The maximum Gasteiger partial charge on any atom is 0.573 e. The molecule has 0 aliphatic carbocycles. The number of carbonyl (C=O) groups is 3. The normalized spacial score (nSPS) is 20.1. The number of nitrogens with one attached hydrogen (secondary N) is 2. The predicted octanol–water partition coefficient (Wildman–Crippen LogP) is 3.44. The van der Waals surface area contributed by atoms with E-state index in [9.17, 15) is 27.6 Å². The van der Waals surface area contributed by atoms with Gasteiger partial charge in [0.05, 0.1) is 0 Å². The monoisotopic (exact) mass is 429 g/mol. The van der Waals surface area contributed by atoms with Crippen LogP contribution >= 0.6 is 0 Å². The topological polar surface area (TPSA) is 87.7 Å². The molecule has 1 fully saturated rings. The summed E-state index contributed by atoms with van der Waals surface area (Å²) in [6.07, 6.45) is -0.957. The van der Waals surface area contributed by atoms with Gasteiger partial charge in [0.1, 0.15) is 17.8 Å². The number of imide groups is 1. The summed E-state index contributed by atoms with van der Waals surface area (Å²) in [6.45, 7) is 4.93. The second kappa shape index (κ2) is 9.36. The summed E-state index contributed by atoms with van der Waals surface area (Å²) < 4.78 is 40.7. The third-order valence-electron chi connectivity index (χ3n) is 4.89. The van der Waals surface area contributed by atoms with E-state index in [0.29, 0.717) is 0 Å². The first-order valence-electron chi connectivity index (χ1n) is 9.76. The quantitative estimate of drug-likeness (QED) is 0.465. The Hall–Kier alpha value is -2.78. The van der Waals surface area contributed by atoms with Crippen LogP contribution in [0.15, 0.2) is 24.3 Å². The number of rotatable bonds is 9. The highest BCUT2D eigenvalue weighted by Gasteiger charge is 2.49. The van der Waals surface area contributed by atoms with Gasteiger partial charge in [-0.15, -0.1) is 13.2 Å². The lowest BCUT2D eigenvalue weighted by molar-refractivity contribution is -0.274. The molecule has 0 saturated carbocycles. The van der Waals surface area contributed by atoms with E-state index >= 15 is 0 Å². The number of hydrogen-bond acceptors (Lipinski definition) is 4. The summed E-state index contributed by atoms with van der Waals surface area (Å²) in [6, 6.07) is 3.81. The fraction of sp³-hybridized carbons (Fsp3) is 0.550. The number of alkyl halides is 3. The van der Waals surface area contributed by atoms with Gasteiger partial charge in [-0.3, -0.25) is 14.5 Å². The van der Waals surface area contributed by atoms with Crippen molar-refractivity contribution in [1.82, 2.24) is 15.5 Å². The number of carbonyl (C=O) groups excluding carboxylic acids is 3. The Morgan fingerprint density at radius 3 is 2.43 bits per heavy atom. The van der Waals surface area contributed by atoms with Crippen LogP contribution in [0.1, 0.15) is 52.0 Å². The molecule has 0 aromatic heterocycles. The zero-order valence-corrected chi connectivity index (χ0v) is 17.1. The number of ether oxygens (including phenoxy) is 1. The van der Waals surface area contributed by atoms with Gasteiger partial charge in [0.2, 0.25) is 5.91 Å². The van der Waals surface area contributed by atoms with E-state index in [4.69, 9.17) is 0 Å². The second-order valence-corrected chi connectivity index (χ2v) is 7.48. The molecule has 0 bridgehead atoms. The molecular weight excluding hydrogens is 403 g/mol. The summed E-state index contributed by atoms with van der Waals surface area (Å²) in [4.78, 5) is 38.2. The molecule has 2 rings (SSSR count). The summed E-state index contributed by atoms with van der Waals surface area (Å²) >= 11 is 0. The van der Waals surface area contributed by atoms with Crippen molar-refractivity contribution in [3.8, 4) is 5.75 Å². The van der Waals surface area contributed by atoms with E-state index < -0.39 is 42.0 Å². The molecule has 10 heteroatoms. The highest BCUT2D eigenvalue weighted by Crippen LogP contribution is 2.31. The molecule has 4 amide bonds. The first-order chi connectivity index (χ1) is 14.0. The molecule has 30 heavy (non-hydrogen) atoms. The lowest BCUT2D eigenvalue weighted by Gasteiger charge is -2.23. The van der Waals surface area contributed by atoms with Crippen molar-refractivity contribution >= 4 is 17.8 Å². The Balaban J connectivity index is 2.03. The van der Waals surface area contributed by atoms with Crippen molar-refractivity contribution in [1.29, 1.82) is 0 Å². The Labute approximate surface area is 172 Å². The van der Waals surface area contributed by atoms with Crippen LogP contribution in [-0.4, -0.2) is 41.7 Å². The van der Waals surface area contributed by atoms with Gasteiger partial charge < -0.3 is 15.4 Å². The average Bonchev–Trinajstić information content (AvgIpc) is 2.85. The zero-order valence-electron chi connectivity index (χ0n) is 17.1. The minimum atomic E-state index is -4.83. The van der Waals surface area contributed by atoms with E-state index in [0.717, 1.165) is 42.7 Å². The van der Waals surface area contributed by atoms with E-state index in [-0.39, 0.29) is 11.6 Å². The fourth-order valence-corrected chi connectivity index (χ4v) is 3.26. The molecule has 1 aromatic rings. The molecule has 1 aromatic carbocycles. The number of halogens is 3. The Bertz CT molecular complexity index is 782. The smallest absolute Gasteiger partial charge is 0.406 e. The Kier molecular flexibility index (Phi) is 7.33. The van der Waals surface area contributed by atoms with Crippen LogP contribution in [0.5, 0.6) is 5.75 Å². The number of unbranched alkanes of at least 4 members (excludes halogenated alkanes) is 2. The predicted molar refractivity (Wildman–Crippen MR) is 102 cm³/mol. The molecule has 166 valence electrons. The maximum atomic E-state index is 12.8. The molecule has 0 radical (unpaired) electrons. The van der Waals surface area contributed by atoms with Crippen molar-refractivity contribution in [2.45, 2.75) is 64.4 Å². The number of urea groups is 1. The second-order valence-electron chi connectivity index (χ2n) is 7.48. The Morgan fingerprint density at radius 2 is 1.87 bits per heavy atom. The van der Waals surface area contributed by atoms with Crippen LogP contribution in [0, 0.1) is 0 Å². The molecule has 1 aliphatic heterocycles. The largest absolute Gasteiger partial charge is 0.573 e. The molecule has 1 aliphatic rings. The van der Waals surface area contributed by atoms with Crippen molar-refractivity contribution < 1.29 is 32.3 Å². The van der Waals surface area contributed by atoms with E-state index in [2.05, 4.69) is 22.3 Å². The van der Waals surface area contributed by atoms with Gasteiger partial charge in [0.15, 0.2) is 0 Å². The minimum absolute atomic E-state index is 0.0858. The summed E-state index contributed by atoms with van der Waals surface area (Å²) in [7, 11) is 0. The third kappa shape index (κ3) is 5.87. The first kappa shape index (κ1) is 23.5. The molecule has 2 N–H and O–H groups in total. The Morgan fingerprint density at radius 1 is 1.23 bits per heavy atom. The molecule has 2 unspecified atom stereocenters. The molecule has 2 atom stereocenters. The maximum absolute atomic E-state index is 12.8. The molecule has 7 nitrogen and oxygen atoms in total. The molecule has 1 saturated heterocycles. The number of nitrogens with zero attached hydrogens (tertiary/aromatic N) is 1. The van der Waals surface area contributed by atoms with Gasteiger partial charge >= 0.3 is 12.4 Å². The van der Waals surface area contributed by atoms with Gasteiger partial charge in [-0.05, 0) is 38.0 Å². The highest BCUT2D eigenvalue weighted by atomic mass is 19.4. The lowest BCUT2D eigenvalue weighted by Crippen LogP contribution is -2.45.